The molecule has 1 amide bonds. The lowest BCUT2D eigenvalue weighted by Gasteiger charge is -2.28. The zero-order chi connectivity index (χ0) is 20.9. The van der Waals surface area contributed by atoms with Crippen LogP contribution in [0.2, 0.25) is 10.0 Å². The first-order valence-corrected chi connectivity index (χ1v) is 9.97. The standard InChI is InChI=1S/C21H15Cl2N3O2S/c22-16-5-1-14(2-6-16)21(28,15-3-7-17(23)8-4-15)20(27)26-25-18-9-11-19(12-10-18)29-13-24/h1-12,25,28H,(H,26,27). The third kappa shape index (κ3) is 4.84. The monoisotopic (exact) mass is 443 g/mol. The largest absolute Gasteiger partial charge is 0.372 e. The molecule has 0 saturated carbocycles. The van der Waals surface area contributed by atoms with E-state index in [1.165, 1.54) is 0 Å². The number of nitrogens with zero attached hydrogens (tertiary/aromatic N) is 1. The Hall–Kier alpha value is -2.69. The van der Waals surface area contributed by atoms with Crippen LogP contribution in [0.4, 0.5) is 5.69 Å². The molecule has 0 aliphatic heterocycles. The maximum atomic E-state index is 13.0. The van der Waals surface area contributed by atoms with Crippen molar-refractivity contribution in [3.05, 3.63) is 94.0 Å². The Kier molecular flexibility index (Phi) is 6.68. The number of halogens is 2. The molecule has 0 aliphatic rings. The maximum absolute atomic E-state index is 13.0. The van der Waals surface area contributed by atoms with E-state index >= 15 is 0 Å². The van der Waals surface area contributed by atoms with E-state index in [1.807, 2.05) is 5.40 Å². The van der Waals surface area contributed by atoms with Gasteiger partial charge >= 0.3 is 0 Å². The Morgan fingerprint density at radius 2 is 1.38 bits per heavy atom. The van der Waals surface area contributed by atoms with Crippen LogP contribution in [0.25, 0.3) is 0 Å². The van der Waals surface area contributed by atoms with Gasteiger partial charge in [0.25, 0.3) is 5.91 Å². The Labute approximate surface area is 182 Å². The molecule has 0 spiro atoms. The summed E-state index contributed by atoms with van der Waals surface area (Å²) in [4.78, 5) is 13.8. The van der Waals surface area contributed by atoms with E-state index in [1.54, 1.807) is 72.8 Å². The number of rotatable bonds is 6. The van der Waals surface area contributed by atoms with Crippen LogP contribution in [0.5, 0.6) is 0 Å². The zero-order valence-electron chi connectivity index (χ0n) is 14.9. The Bertz CT molecular complexity index is 988. The van der Waals surface area contributed by atoms with Crippen LogP contribution in [0.3, 0.4) is 0 Å². The van der Waals surface area contributed by atoms with E-state index in [2.05, 4.69) is 10.9 Å². The van der Waals surface area contributed by atoms with E-state index in [-0.39, 0.29) is 0 Å². The van der Waals surface area contributed by atoms with Crippen LogP contribution in [0, 0.1) is 10.7 Å². The fourth-order valence-corrected chi connectivity index (χ4v) is 3.32. The van der Waals surface area contributed by atoms with Crippen molar-refractivity contribution in [2.24, 2.45) is 0 Å². The summed E-state index contributed by atoms with van der Waals surface area (Å²) < 4.78 is 0. The van der Waals surface area contributed by atoms with E-state index in [4.69, 9.17) is 28.5 Å². The second kappa shape index (κ2) is 9.21. The third-order valence-corrected chi connectivity index (χ3v) is 5.29. The number of aliphatic hydroxyl groups is 1. The Morgan fingerprint density at radius 3 is 1.83 bits per heavy atom. The number of nitriles is 1. The molecule has 146 valence electrons. The summed E-state index contributed by atoms with van der Waals surface area (Å²) in [5.74, 6) is -0.683. The molecule has 0 aliphatic carbocycles. The number of benzene rings is 3. The average Bonchev–Trinajstić information content (AvgIpc) is 2.73. The second-order valence-corrected chi connectivity index (χ2v) is 7.75. The molecular weight excluding hydrogens is 429 g/mol. The van der Waals surface area contributed by atoms with E-state index in [0.717, 1.165) is 16.7 Å². The first kappa shape index (κ1) is 21.0. The summed E-state index contributed by atoms with van der Waals surface area (Å²) >= 11 is 12.9. The third-order valence-electron chi connectivity index (χ3n) is 4.19. The molecule has 5 nitrogen and oxygen atoms in total. The molecule has 0 radical (unpaired) electrons. The molecule has 3 aromatic rings. The quantitative estimate of drug-likeness (QED) is 0.285. The number of hydrogen-bond acceptors (Lipinski definition) is 5. The van der Waals surface area contributed by atoms with Gasteiger partial charge < -0.3 is 5.11 Å². The maximum Gasteiger partial charge on any atom is 0.279 e. The first-order chi connectivity index (χ1) is 13.9. The van der Waals surface area contributed by atoms with Crippen molar-refractivity contribution >= 4 is 46.6 Å². The molecule has 0 fully saturated rings. The minimum Gasteiger partial charge on any atom is -0.372 e. The topological polar surface area (TPSA) is 85.2 Å². The zero-order valence-corrected chi connectivity index (χ0v) is 17.2. The number of thiocyanates is 1. The summed E-state index contributed by atoms with van der Waals surface area (Å²) in [6.07, 6.45) is 0. The number of nitrogens with one attached hydrogen (secondary N) is 2. The highest BCUT2D eigenvalue weighted by Crippen LogP contribution is 2.32. The lowest BCUT2D eigenvalue weighted by molar-refractivity contribution is -0.136. The van der Waals surface area contributed by atoms with Crippen LogP contribution >= 0.6 is 35.0 Å². The van der Waals surface area contributed by atoms with Crippen molar-refractivity contribution in [3.63, 3.8) is 0 Å². The lowest BCUT2D eigenvalue weighted by Crippen LogP contribution is -2.47. The molecule has 0 heterocycles. The molecular formula is C21H15Cl2N3O2S. The summed E-state index contributed by atoms with van der Waals surface area (Å²) in [7, 11) is 0. The van der Waals surface area contributed by atoms with Crippen LogP contribution in [-0.2, 0) is 10.4 Å². The van der Waals surface area contributed by atoms with Gasteiger partial charge in [-0.3, -0.25) is 15.6 Å². The van der Waals surface area contributed by atoms with Gasteiger partial charge in [0.15, 0.2) is 5.60 Å². The minimum atomic E-state index is -1.97. The van der Waals surface area contributed by atoms with Gasteiger partial charge in [-0.15, -0.1) is 0 Å². The molecule has 3 N–H and O–H groups in total. The highest BCUT2D eigenvalue weighted by Gasteiger charge is 2.40. The van der Waals surface area contributed by atoms with E-state index < -0.39 is 11.5 Å². The van der Waals surface area contributed by atoms with Gasteiger partial charge in [-0.2, -0.15) is 5.26 Å². The fraction of sp³-hybridized carbons (Fsp3) is 0.0476. The highest BCUT2D eigenvalue weighted by molar-refractivity contribution is 8.03. The van der Waals surface area contributed by atoms with Gasteiger partial charge in [0.1, 0.15) is 5.40 Å². The molecule has 3 rings (SSSR count). The smallest absolute Gasteiger partial charge is 0.279 e. The van der Waals surface area contributed by atoms with Crippen molar-refractivity contribution in [2.75, 3.05) is 5.43 Å². The summed E-state index contributed by atoms with van der Waals surface area (Å²) in [6.45, 7) is 0. The van der Waals surface area contributed by atoms with Gasteiger partial charge in [0.05, 0.1) is 5.69 Å². The average molecular weight is 444 g/mol. The van der Waals surface area contributed by atoms with E-state index in [9.17, 15) is 9.90 Å². The summed E-state index contributed by atoms with van der Waals surface area (Å²) in [5, 5.41) is 23.1. The molecule has 0 aromatic heterocycles. The second-order valence-electron chi connectivity index (χ2n) is 6.02. The number of hydrogen-bond donors (Lipinski definition) is 3. The predicted molar refractivity (Wildman–Crippen MR) is 116 cm³/mol. The van der Waals surface area contributed by atoms with Crippen LogP contribution < -0.4 is 10.9 Å². The number of hydrazine groups is 1. The Balaban J connectivity index is 1.87. The van der Waals surface area contributed by atoms with Crippen molar-refractivity contribution in [1.82, 2.24) is 5.43 Å². The molecule has 29 heavy (non-hydrogen) atoms. The highest BCUT2D eigenvalue weighted by atomic mass is 35.5. The van der Waals surface area contributed by atoms with Crippen molar-refractivity contribution in [3.8, 4) is 5.40 Å². The minimum absolute atomic E-state index is 0.351. The molecule has 3 aromatic carbocycles. The number of carbonyl (C=O) groups is 1. The Morgan fingerprint density at radius 1 is 0.897 bits per heavy atom. The normalized spacial score (nSPS) is 10.8. The SMILES string of the molecule is N#CSc1ccc(NNC(=O)C(O)(c2ccc(Cl)cc2)c2ccc(Cl)cc2)cc1. The van der Waals surface area contributed by atoms with Crippen molar-refractivity contribution < 1.29 is 9.90 Å². The van der Waals surface area contributed by atoms with E-state index in [0.29, 0.717) is 26.9 Å². The summed E-state index contributed by atoms with van der Waals surface area (Å²) in [6, 6.07) is 19.7. The van der Waals surface area contributed by atoms with Gasteiger partial charge in [-0.05, 0) is 71.4 Å². The van der Waals surface area contributed by atoms with Crippen LogP contribution in [-0.4, -0.2) is 11.0 Å². The van der Waals surface area contributed by atoms with Gasteiger partial charge in [-0.1, -0.05) is 47.5 Å². The summed E-state index contributed by atoms with van der Waals surface area (Å²) in [5.41, 5.74) is 4.64. The molecule has 8 heteroatoms. The number of carbonyl (C=O) groups excluding carboxylic acids is 1. The molecule has 0 unspecified atom stereocenters. The van der Waals surface area contributed by atoms with Crippen molar-refractivity contribution in [1.29, 1.82) is 5.26 Å². The molecule has 0 bridgehead atoms. The predicted octanol–water partition coefficient (Wildman–Crippen LogP) is 4.95. The number of anilines is 1. The molecule has 0 saturated heterocycles. The number of amides is 1. The van der Waals surface area contributed by atoms with Crippen LogP contribution in [0.1, 0.15) is 11.1 Å². The van der Waals surface area contributed by atoms with Gasteiger partial charge in [0.2, 0.25) is 0 Å². The van der Waals surface area contributed by atoms with Gasteiger partial charge in [-0.25, -0.2) is 0 Å². The fourth-order valence-electron chi connectivity index (χ4n) is 2.69. The van der Waals surface area contributed by atoms with Crippen LogP contribution in [0.15, 0.2) is 77.7 Å². The molecule has 0 atom stereocenters. The van der Waals surface area contributed by atoms with Crippen molar-refractivity contribution in [2.45, 2.75) is 10.5 Å². The van der Waals surface area contributed by atoms with Gasteiger partial charge in [0, 0.05) is 14.9 Å². The first-order valence-electron chi connectivity index (χ1n) is 8.40. The number of thioether (sulfide) groups is 1. The lowest BCUT2D eigenvalue weighted by atomic mass is 9.85.